The third-order valence-electron chi connectivity index (χ3n) is 4.79. The SMILES string of the molecule is CCn1c(C(=O)O)nn(-c2ccc(C(=O)Nc3c(F)cccc3Cl)c(O[C@@H](C)C(F)(F)F)c2)c1=O. The number of amides is 1. The van der Waals surface area contributed by atoms with Gasteiger partial charge in [-0.2, -0.15) is 17.9 Å². The molecule has 3 aromatic rings. The number of benzene rings is 2. The summed E-state index contributed by atoms with van der Waals surface area (Å²) >= 11 is 5.89. The predicted molar refractivity (Wildman–Crippen MR) is 116 cm³/mol. The quantitative estimate of drug-likeness (QED) is 0.456. The number of aromatic carboxylic acids is 1. The number of carbonyl (C=O) groups excluding carboxylic acids is 1. The van der Waals surface area contributed by atoms with Gasteiger partial charge in [0.1, 0.15) is 11.6 Å². The first-order chi connectivity index (χ1) is 16.3. The Morgan fingerprint density at radius 1 is 1.26 bits per heavy atom. The lowest BCUT2D eigenvalue weighted by Gasteiger charge is -2.20. The average Bonchev–Trinajstić information content (AvgIpc) is 3.12. The largest absolute Gasteiger partial charge is 0.480 e. The molecule has 0 bridgehead atoms. The molecule has 14 heteroatoms. The number of hydrogen-bond acceptors (Lipinski definition) is 5. The van der Waals surface area contributed by atoms with Gasteiger partial charge in [-0.25, -0.2) is 14.0 Å². The van der Waals surface area contributed by atoms with Gasteiger partial charge in [-0.3, -0.25) is 9.36 Å². The van der Waals surface area contributed by atoms with Crippen LogP contribution in [0.4, 0.5) is 23.2 Å². The maximum Gasteiger partial charge on any atom is 0.425 e. The van der Waals surface area contributed by atoms with Gasteiger partial charge in [0.25, 0.3) is 5.91 Å². The molecule has 0 spiro atoms. The van der Waals surface area contributed by atoms with Crippen LogP contribution in [0.5, 0.6) is 5.75 Å². The lowest BCUT2D eigenvalue weighted by atomic mass is 10.1. The normalized spacial score (nSPS) is 12.3. The maximum absolute atomic E-state index is 14.1. The molecule has 2 aromatic carbocycles. The zero-order valence-electron chi connectivity index (χ0n) is 18.1. The summed E-state index contributed by atoms with van der Waals surface area (Å²) in [7, 11) is 0. The Morgan fingerprint density at radius 2 is 1.94 bits per heavy atom. The Kier molecular flexibility index (Phi) is 7.19. The number of carbonyl (C=O) groups is 2. The molecule has 0 aliphatic carbocycles. The zero-order chi connectivity index (χ0) is 26.1. The average molecular weight is 517 g/mol. The summed E-state index contributed by atoms with van der Waals surface area (Å²) in [5, 5.41) is 15.0. The van der Waals surface area contributed by atoms with E-state index in [1.807, 2.05) is 0 Å². The number of anilines is 1. The summed E-state index contributed by atoms with van der Waals surface area (Å²) in [5.74, 6) is -4.65. The molecule has 186 valence electrons. The van der Waals surface area contributed by atoms with Crippen molar-refractivity contribution in [2.75, 3.05) is 5.32 Å². The number of halogens is 5. The summed E-state index contributed by atoms with van der Waals surface area (Å²) in [4.78, 5) is 36.8. The third-order valence-corrected chi connectivity index (χ3v) is 5.11. The predicted octanol–water partition coefficient (Wildman–Crippen LogP) is 4.13. The third kappa shape index (κ3) is 5.29. The van der Waals surface area contributed by atoms with E-state index in [4.69, 9.17) is 16.3 Å². The lowest BCUT2D eigenvalue weighted by molar-refractivity contribution is -0.189. The standard InChI is InChI=1S/C21H17ClF4N4O5/c1-3-29-17(19(32)33)28-30(20(29)34)11-7-8-12(15(9-11)35-10(2)21(24,25)26)18(31)27-16-13(22)5-4-6-14(16)23/h4-10H,3H2,1-2H3,(H,27,31)(H,32,33)/t10-/m0/s1. The Hall–Kier alpha value is -3.87. The molecule has 2 N–H and O–H groups in total. The van der Waals surface area contributed by atoms with E-state index >= 15 is 0 Å². The van der Waals surface area contributed by atoms with Gasteiger partial charge in [-0.15, -0.1) is 5.10 Å². The van der Waals surface area contributed by atoms with Crippen LogP contribution in [0, 0.1) is 5.82 Å². The van der Waals surface area contributed by atoms with E-state index in [0.29, 0.717) is 11.6 Å². The van der Waals surface area contributed by atoms with Crippen molar-refractivity contribution in [3.05, 3.63) is 69.1 Å². The zero-order valence-corrected chi connectivity index (χ0v) is 18.8. The van der Waals surface area contributed by atoms with E-state index in [1.54, 1.807) is 0 Å². The highest BCUT2D eigenvalue weighted by molar-refractivity contribution is 6.34. The highest BCUT2D eigenvalue weighted by atomic mass is 35.5. The Labute approximate surface area is 199 Å². The van der Waals surface area contributed by atoms with Crippen LogP contribution in [0.25, 0.3) is 5.69 Å². The Morgan fingerprint density at radius 3 is 2.49 bits per heavy atom. The van der Waals surface area contributed by atoms with Gasteiger partial charge >= 0.3 is 17.8 Å². The number of carboxylic acids is 1. The molecule has 35 heavy (non-hydrogen) atoms. The van der Waals surface area contributed by atoms with E-state index < -0.39 is 58.5 Å². The van der Waals surface area contributed by atoms with Gasteiger partial charge < -0.3 is 15.2 Å². The highest BCUT2D eigenvalue weighted by Crippen LogP contribution is 2.31. The Balaban J connectivity index is 2.11. The molecule has 0 aliphatic heterocycles. The van der Waals surface area contributed by atoms with E-state index in [0.717, 1.165) is 28.8 Å². The van der Waals surface area contributed by atoms with Crippen molar-refractivity contribution >= 4 is 29.2 Å². The lowest BCUT2D eigenvalue weighted by Crippen LogP contribution is -2.32. The molecule has 3 rings (SSSR count). The first kappa shape index (κ1) is 25.7. The molecule has 0 saturated carbocycles. The summed E-state index contributed by atoms with van der Waals surface area (Å²) in [6.07, 6.45) is -7.18. The number of aromatic nitrogens is 3. The van der Waals surface area contributed by atoms with Crippen LogP contribution in [-0.2, 0) is 6.54 Å². The Bertz CT molecular complexity index is 1330. The number of ether oxygens (including phenoxy) is 1. The van der Waals surface area contributed by atoms with E-state index in [2.05, 4.69) is 10.4 Å². The van der Waals surface area contributed by atoms with Crippen molar-refractivity contribution in [1.29, 1.82) is 0 Å². The van der Waals surface area contributed by atoms with Crippen LogP contribution >= 0.6 is 11.6 Å². The van der Waals surface area contributed by atoms with Crippen molar-refractivity contribution in [1.82, 2.24) is 14.3 Å². The van der Waals surface area contributed by atoms with E-state index in [-0.39, 0.29) is 17.3 Å². The number of alkyl halides is 3. The molecule has 9 nitrogen and oxygen atoms in total. The minimum Gasteiger partial charge on any atom is -0.480 e. The fourth-order valence-corrected chi connectivity index (χ4v) is 3.20. The van der Waals surface area contributed by atoms with Crippen LogP contribution in [0.1, 0.15) is 34.8 Å². The number of nitrogens with zero attached hydrogens (tertiary/aromatic N) is 3. The van der Waals surface area contributed by atoms with Gasteiger partial charge in [0.05, 0.1) is 22.0 Å². The van der Waals surface area contributed by atoms with Crippen molar-refractivity contribution in [2.45, 2.75) is 32.7 Å². The van der Waals surface area contributed by atoms with Gasteiger partial charge in [0.15, 0.2) is 6.10 Å². The molecule has 1 atom stereocenters. The van der Waals surface area contributed by atoms with Crippen molar-refractivity contribution in [2.24, 2.45) is 0 Å². The molecule has 1 aromatic heterocycles. The summed E-state index contributed by atoms with van der Waals surface area (Å²) in [5.41, 5.74) is -1.89. The maximum atomic E-state index is 14.1. The van der Waals surface area contributed by atoms with Crippen LogP contribution < -0.4 is 15.7 Å². The van der Waals surface area contributed by atoms with Crippen molar-refractivity contribution < 1.29 is 37.0 Å². The van der Waals surface area contributed by atoms with Gasteiger partial charge in [0.2, 0.25) is 5.82 Å². The molecular weight excluding hydrogens is 500 g/mol. The number of para-hydroxylation sites is 1. The fourth-order valence-electron chi connectivity index (χ4n) is 2.99. The topological polar surface area (TPSA) is 115 Å². The number of nitrogens with one attached hydrogen (secondary N) is 1. The number of rotatable bonds is 7. The monoisotopic (exact) mass is 516 g/mol. The van der Waals surface area contributed by atoms with Crippen LogP contribution in [0.3, 0.4) is 0 Å². The molecule has 0 radical (unpaired) electrons. The summed E-state index contributed by atoms with van der Waals surface area (Å²) < 4.78 is 60.0. The first-order valence-electron chi connectivity index (χ1n) is 9.91. The minimum atomic E-state index is -4.81. The molecule has 1 heterocycles. The number of carboxylic acid groups (broad SMARTS) is 1. The van der Waals surface area contributed by atoms with Crippen LogP contribution in [0.15, 0.2) is 41.2 Å². The van der Waals surface area contributed by atoms with Crippen LogP contribution in [-0.4, -0.2) is 43.6 Å². The second-order valence-corrected chi connectivity index (χ2v) is 7.51. The van der Waals surface area contributed by atoms with Crippen molar-refractivity contribution in [3.63, 3.8) is 0 Å². The van der Waals surface area contributed by atoms with E-state index in [1.165, 1.54) is 19.1 Å². The van der Waals surface area contributed by atoms with Gasteiger partial charge in [0, 0.05) is 12.6 Å². The van der Waals surface area contributed by atoms with Gasteiger partial charge in [-0.1, -0.05) is 17.7 Å². The van der Waals surface area contributed by atoms with E-state index in [9.17, 15) is 37.1 Å². The second-order valence-electron chi connectivity index (χ2n) is 7.10. The molecule has 0 saturated heterocycles. The minimum absolute atomic E-state index is 0.0428. The molecule has 0 unspecified atom stereocenters. The fraction of sp³-hybridized carbons (Fsp3) is 0.238. The second kappa shape index (κ2) is 9.78. The smallest absolute Gasteiger partial charge is 0.425 e. The highest BCUT2D eigenvalue weighted by Gasteiger charge is 2.39. The van der Waals surface area contributed by atoms with Gasteiger partial charge in [-0.05, 0) is 38.1 Å². The van der Waals surface area contributed by atoms with Crippen LogP contribution in [0.2, 0.25) is 5.02 Å². The summed E-state index contributed by atoms with van der Waals surface area (Å²) in [6.45, 7) is 2.15. The van der Waals surface area contributed by atoms with Crippen molar-refractivity contribution in [3.8, 4) is 11.4 Å². The number of hydrogen-bond donors (Lipinski definition) is 2. The molecule has 0 aliphatic rings. The molecular formula is C21H17ClF4N4O5. The first-order valence-corrected chi connectivity index (χ1v) is 10.3. The summed E-state index contributed by atoms with van der Waals surface area (Å²) in [6, 6.07) is 6.69. The molecule has 0 fully saturated rings. The molecule has 1 amide bonds.